The van der Waals surface area contributed by atoms with Crippen LogP contribution in [0.4, 0.5) is 10.1 Å². The molecule has 1 aromatic rings. The van der Waals surface area contributed by atoms with E-state index in [1.807, 2.05) is 0 Å². The molecule has 1 aromatic carbocycles. The predicted molar refractivity (Wildman–Crippen MR) is 46.9 cm³/mol. The van der Waals surface area contributed by atoms with Crippen LogP contribution in [0.5, 0.6) is 0 Å². The Hall–Kier alpha value is -1.58. The van der Waals surface area contributed by atoms with Crippen LogP contribution in [-0.4, -0.2) is 13.1 Å². The van der Waals surface area contributed by atoms with Gasteiger partial charge in [0.25, 0.3) is 0 Å². The first-order valence-electron chi connectivity index (χ1n) is 3.70. The van der Waals surface area contributed by atoms with E-state index in [4.69, 9.17) is 5.73 Å². The van der Waals surface area contributed by atoms with Crippen molar-refractivity contribution in [3.05, 3.63) is 29.1 Å². The van der Waals surface area contributed by atoms with E-state index in [2.05, 4.69) is 4.74 Å². The summed E-state index contributed by atoms with van der Waals surface area (Å²) in [7, 11) is 1.25. The molecule has 0 aliphatic carbocycles. The van der Waals surface area contributed by atoms with Gasteiger partial charge in [0.15, 0.2) is 0 Å². The molecule has 0 radical (unpaired) electrons. The van der Waals surface area contributed by atoms with E-state index < -0.39 is 11.8 Å². The van der Waals surface area contributed by atoms with Gasteiger partial charge >= 0.3 is 5.97 Å². The Labute approximate surface area is 75.3 Å². The average molecular weight is 183 g/mol. The number of hydrogen-bond acceptors (Lipinski definition) is 3. The molecule has 70 valence electrons. The molecule has 0 unspecified atom stereocenters. The lowest BCUT2D eigenvalue weighted by Crippen LogP contribution is -2.07. The summed E-state index contributed by atoms with van der Waals surface area (Å²) in [5, 5.41) is 0. The molecule has 0 fully saturated rings. The highest BCUT2D eigenvalue weighted by Crippen LogP contribution is 2.20. The summed E-state index contributed by atoms with van der Waals surface area (Å²) in [6.07, 6.45) is 0. The van der Waals surface area contributed by atoms with Crippen molar-refractivity contribution in [1.82, 2.24) is 0 Å². The van der Waals surface area contributed by atoms with Crippen LogP contribution in [0.15, 0.2) is 12.1 Å². The zero-order valence-corrected chi connectivity index (χ0v) is 7.43. The Morgan fingerprint density at radius 3 is 2.69 bits per heavy atom. The van der Waals surface area contributed by atoms with Crippen molar-refractivity contribution < 1.29 is 13.9 Å². The number of carbonyl (C=O) groups is 1. The maximum Gasteiger partial charge on any atom is 0.339 e. The van der Waals surface area contributed by atoms with Gasteiger partial charge in [-0.2, -0.15) is 0 Å². The Bertz CT molecular complexity index is 350. The van der Waals surface area contributed by atoms with Crippen molar-refractivity contribution in [2.75, 3.05) is 12.8 Å². The van der Waals surface area contributed by atoms with Gasteiger partial charge in [-0.25, -0.2) is 9.18 Å². The van der Waals surface area contributed by atoms with Crippen LogP contribution in [0.25, 0.3) is 0 Å². The lowest BCUT2D eigenvalue weighted by molar-refractivity contribution is 0.0602. The van der Waals surface area contributed by atoms with Crippen LogP contribution >= 0.6 is 0 Å². The molecule has 0 spiro atoms. The highest BCUT2D eigenvalue weighted by atomic mass is 19.1. The number of nitrogen functional groups attached to an aromatic ring is 1. The fraction of sp³-hybridized carbons (Fsp3) is 0.222. The van der Waals surface area contributed by atoms with E-state index in [1.54, 1.807) is 0 Å². The molecular formula is C9H10FNO2. The second kappa shape index (κ2) is 3.43. The summed E-state index contributed by atoms with van der Waals surface area (Å²) in [5.74, 6) is -0.981. The van der Waals surface area contributed by atoms with Gasteiger partial charge in [0.1, 0.15) is 5.82 Å². The monoisotopic (exact) mass is 183 g/mol. The third-order valence-corrected chi connectivity index (χ3v) is 1.85. The summed E-state index contributed by atoms with van der Waals surface area (Å²) in [4.78, 5) is 11.1. The average Bonchev–Trinajstić information content (AvgIpc) is 2.13. The number of hydrogen-bond donors (Lipinski definition) is 1. The van der Waals surface area contributed by atoms with Crippen LogP contribution in [0.2, 0.25) is 0 Å². The van der Waals surface area contributed by atoms with Crippen molar-refractivity contribution in [3.63, 3.8) is 0 Å². The number of anilines is 1. The van der Waals surface area contributed by atoms with Gasteiger partial charge in [-0.1, -0.05) is 0 Å². The van der Waals surface area contributed by atoms with Gasteiger partial charge in [-0.3, -0.25) is 0 Å². The molecule has 1 rings (SSSR count). The molecule has 0 saturated heterocycles. The van der Waals surface area contributed by atoms with Crippen LogP contribution < -0.4 is 5.73 Å². The Kier molecular flexibility index (Phi) is 2.51. The lowest BCUT2D eigenvalue weighted by Gasteiger charge is -2.06. The van der Waals surface area contributed by atoms with E-state index >= 15 is 0 Å². The van der Waals surface area contributed by atoms with Gasteiger partial charge < -0.3 is 10.5 Å². The molecule has 0 heterocycles. The topological polar surface area (TPSA) is 52.3 Å². The van der Waals surface area contributed by atoms with Crippen molar-refractivity contribution in [2.24, 2.45) is 0 Å². The van der Waals surface area contributed by atoms with E-state index in [0.29, 0.717) is 0 Å². The predicted octanol–water partition coefficient (Wildman–Crippen LogP) is 1.50. The molecule has 0 aliphatic heterocycles. The molecule has 0 atom stereocenters. The zero-order chi connectivity index (χ0) is 10.0. The lowest BCUT2D eigenvalue weighted by atomic mass is 10.1. The molecule has 0 aliphatic rings. The van der Waals surface area contributed by atoms with Gasteiger partial charge in [0, 0.05) is 5.56 Å². The Morgan fingerprint density at radius 1 is 1.54 bits per heavy atom. The third-order valence-electron chi connectivity index (χ3n) is 1.85. The van der Waals surface area contributed by atoms with E-state index in [0.717, 1.165) is 0 Å². The number of ether oxygens (including phenoxy) is 1. The van der Waals surface area contributed by atoms with Crippen molar-refractivity contribution in [2.45, 2.75) is 6.92 Å². The minimum atomic E-state index is -0.555. The Morgan fingerprint density at radius 2 is 2.15 bits per heavy atom. The SMILES string of the molecule is COC(=O)c1ccc(F)c(C)c1N. The summed E-state index contributed by atoms with van der Waals surface area (Å²) < 4.78 is 17.4. The molecule has 3 nitrogen and oxygen atoms in total. The maximum atomic E-state index is 12.9. The number of halogens is 1. The number of rotatable bonds is 1. The van der Waals surface area contributed by atoms with E-state index in [-0.39, 0.29) is 16.8 Å². The number of esters is 1. The maximum absolute atomic E-state index is 12.9. The third kappa shape index (κ3) is 1.61. The highest BCUT2D eigenvalue weighted by Gasteiger charge is 2.13. The fourth-order valence-corrected chi connectivity index (χ4v) is 0.990. The van der Waals surface area contributed by atoms with Crippen molar-refractivity contribution in [3.8, 4) is 0 Å². The van der Waals surface area contributed by atoms with Crippen molar-refractivity contribution in [1.29, 1.82) is 0 Å². The molecular weight excluding hydrogens is 173 g/mol. The Balaban J connectivity index is 3.26. The molecule has 2 N–H and O–H groups in total. The first-order valence-corrected chi connectivity index (χ1v) is 3.70. The summed E-state index contributed by atoms with van der Waals surface area (Å²) >= 11 is 0. The van der Waals surface area contributed by atoms with Gasteiger partial charge in [-0.05, 0) is 19.1 Å². The van der Waals surface area contributed by atoms with Crippen LogP contribution in [0, 0.1) is 12.7 Å². The molecule has 13 heavy (non-hydrogen) atoms. The fourth-order valence-electron chi connectivity index (χ4n) is 0.990. The van der Waals surface area contributed by atoms with Crippen LogP contribution in [-0.2, 0) is 4.74 Å². The standard InChI is InChI=1S/C9H10FNO2/c1-5-7(10)4-3-6(8(5)11)9(12)13-2/h3-4H,11H2,1-2H3. The van der Waals surface area contributed by atoms with Crippen molar-refractivity contribution >= 4 is 11.7 Å². The van der Waals surface area contributed by atoms with E-state index in [1.165, 1.54) is 26.2 Å². The summed E-state index contributed by atoms with van der Waals surface area (Å²) in [6.45, 7) is 1.51. The zero-order valence-electron chi connectivity index (χ0n) is 7.43. The van der Waals surface area contributed by atoms with E-state index in [9.17, 15) is 9.18 Å². The number of methoxy groups -OCH3 is 1. The molecule has 0 saturated carbocycles. The highest BCUT2D eigenvalue weighted by molar-refractivity contribution is 5.95. The van der Waals surface area contributed by atoms with Crippen LogP contribution in [0.3, 0.4) is 0 Å². The smallest absolute Gasteiger partial charge is 0.339 e. The quantitative estimate of drug-likeness (QED) is 0.530. The largest absolute Gasteiger partial charge is 0.465 e. The molecule has 0 aromatic heterocycles. The number of benzene rings is 1. The minimum Gasteiger partial charge on any atom is -0.465 e. The molecule has 0 amide bonds. The van der Waals surface area contributed by atoms with Gasteiger partial charge in [0.2, 0.25) is 0 Å². The van der Waals surface area contributed by atoms with Gasteiger partial charge in [0.05, 0.1) is 18.4 Å². The number of nitrogens with two attached hydrogens (primary N) is 1. The summed E-state index contributed by atoms with van der Waals surface area (Å²) in [6, 6.07) is 2.50. The van der Waals surface area contributed by atoms with Crippen LogP contribution in [0.1, 0.15) is 15.9 Å². The second-order valence-electron chi connectivity index (χ2n) is 2.63. The number of carbonyl (C=O) groups excluding carboxylic acids is 1. The normalized spacial score (nSPS) is 9.77. The first kappa shape index (κ1) is 9.51. The minimum absolute atomic E-state index is 0.131. The summed E-state index contributed by atoms with van der Waals surface area (Å²) in [5.41, 5.74) is 6.11. The second-order valence-corrected chi connectivity index (χ2v) is 2.63. The molecule has 0 bridgehead atoms. The first-order chi connectivity index (χ1) is 6.07. The van der Waals surface area contributed by atoms with Gasteiger partial charge in [-0.15, -0.1) is 0 Å². The molecule has 4 heteroatoms.